The number of benzene rings is 1. The number of aryl methyl sites for hydroxylation is 2. The Morgan fingerprint density at radius 3 is 2.50 bits per heavy atom. The van der Waals surface area contributed by atoms with E-state index in [1.54, 1.807) is 0 Å². The molecule has 0 aliphatic heterocycles. The molecule has 0 saturated heterocycles. The molecule has 1 aromatic heterocycles. The Bertz CT molecular complexity index is 528. The molecule has 94 valence electrons. The monoisotopic (exact) mass is 243 g/mol. The molecule has 1 aromatic carbocycles. The molecule has 0 fully saturated rings. The molecule has 0 radical (unpaired) electrons. The van der Waals surface area contributed by atoms with Crippen molar-refractivity contribution in [2.45, 2.75) is 26.7 Å². The summed E-state index contributed by atoms with van der Waals surface area (Å²) in [5, 5.41) is 9.66. The number of nitrogens with one attached hydrogen (secondary N) is 2. The molecule has 1 amide bonds. The molecule has 0 saturated carbocycles. The van der Waals surface area contributed by atoms with Gasteiger partial charge in [0.05, 0.1) is 0 Å². The molecule has 1 heterocycles. The Morgan fingerprint density at radius 1 is 1.22 bits per heavy atom. The van der Waals surface area contributed by atoms with Crippen LogP contribution in [0.2, 0.25) is 0 Å². The minimum Gasteiger partial charge on any atom is -0.305 e. The largest absolute Gasteiger partial charge is 0.305 e. The number of amides is 1. The molecule has 2 aromatic rings. The van der Waals surface area contributed by atoms with Gasteiger partial charge in [0.1, 0.15) is 0 Å². The second-order valence-corrected chi connectivity index (χ2v) is 4.14. The topological polar surface area (TPSA) is 57.8 Å². The molecule has 4 heteroatoms. The maximum atomic E-state index is 11.9. The van der Waals surface area contributed by atoms with Gasteiger partial charge in [0.25, 0.3) is 5.91 Å². The number of rotatable bonds is 4. The van der Waals surface area contributed by atoms with E-state index >= 15 is 0 Å². The van der Waals surface area contributed by atoms with E-state index in [0.29, 0.717) is 11.4 Å². The van der Waals surface area contributed by atoms with Gasteiger partial charge >= 0.3 is 0 Å². The minimum atomic E-state index is -0.133. The van der Waals surface area contributed by atoms with Crippen molar-refractivity contribution in [1.82, 2.24) is 10.2 Å². The summed E-state index contributed by atoms with van der Waals surface area (Å²) in [6, 6.07) is 9.45. The summed E-state index contributed by atoms with van der Waals surface area (Å²) < 4.78 is 0. The lowest BCUT2D eigenvalue weighted by Gasteiger charge is -2.02. The van der Waals surface area contributed by atoms with Gasteiger partial charge in [0.2, 0.25) is 0 Å². The first kappa shape index (κ1) is 12.4. The van der Waals surface area contributed by atoms with E-state index in [0.717, 1.165) is 18.5 Å². The van der Waals surface area contributed by atoms with Crippen molar-refractivity contribution in [3.63, 3.8) is 0 Å². The van der Waals surface area contributed by atoms with Gasteiger partial charge in [-0.05, 0) is 30.5 Å². The molecule has 0 bridgehead atoms. The highest BCUT2D eigenvalue weighted by atomic mass is 16.1. The van der Waals surface area contributed by atoms with Crippen molar-refractivity contribution in [3.8, 4) is 0 Å². The fraction of sp³-hybridized carbons (Fsp3) is 0.286. The molecule has 2 N–H and O–H groups in total. The fourth-order valence-corrected chi connectivity index (χ4v) is 1.69. The third-order valence-electron chi connectivity index (χ3n) is 2.88. The zero-order valence-electron chi connectivity index (χ0n) is 10.7. The number of carbonyl (C=O) groups is 1. The highest BCUT2D eigenvalue weighted by Gasteiger charge is 2.07. The summed E-state index contributed by atoms with van der Waals surface area (Å²) in [6.45, 7) is 4.12. The SMILES string of the molecule is CCc1ccc(C(=O)Nc2cc(CC)[nH]n2)cc1. The summed E-state index contributed by atoms with van der Waals surface area (Å²) in [6.07, 6.45) is 1.84. The Kier molecular flexibility index (Phi) is 3.77. The average Bonchev–Trinajstić information content (AvgIpc) is 2.86. The number of H-pyrrole nitrogens is 1. The van der Waals surface area contributed by atoms with E-state index in [-0.39, 0.29) is 5.91 Å². The van der Waals surface area contributed by atoms with Crippen molar-refractivity contribution in [1.29, 1.82) is 0 Å². The number of aromatic amines is 1. The Labute approximate surface area is 106 Å². The van der Waals surface area contributed by atoms with Gasteiger partial charge < -0.3 is 5.32 Å². The average molecular weight is 243 g/mol. The van der Waals surface area contributed by atoms with Gasteiger partial charge in [-0.1, -0.05) is 26.0 Å². The smallest absolute Gasteiger partial charge is 0.256 e. The van der Waals surface area contributed by atoms with Crippen molar-refractivity contribution in [2.24, 2.45) is 0 Å². The molecule has 0 atom stereocenters. The zero-order valence-corrected chi connectivity index (χ0v) is 10.7. The van der Waals surface area contributed by atoms with Gasteiger partial charge in [-0.15, -0.1) is 0 Å². The van der Waals surface area contributed by atoms with Crippen LogP contribution >= 0.6 is 0 Å². The van der Waals surface area contributed by atoms with Gasteiger partial charge in [0.15, 0.2) is 5.82 Å². The van der Waals surface area contributed by atoms with E-state index in [1.165, 1.54) is 5.56 Å². The third-order valence-corrected chi connectivity index (χ3v) is 2.88. The second kappa shape index (κ2) is 5.49. The number of aromatic nitrogens is 2. The lowest BCUT2D eigenvalue weighted by atomic mass is 10.1. The maximum absolute atomic E-state index is 11.9. The highest BCUT2D eigenvalue weighted by Crippen LogP contribution is 2.10. The number of hydrogen-bond acceptors (Lipinski definition) is 2. The summed E-state index contributed by atoms with van der Waals surface area (Å²) >= 11 is 0. The Morgan fingerprint density at radius 2 is 1.94 bits per heavy atom. The predicted molar refractivity (Wildman–Crippen MR) is 71.7 cm³/mol. The van der Waals surface area contributed by atoms with Crippen molar-refractivity contribution in [3.05, 3.63) is 47.2 Å². The van der Waals surface area contributed by atoms with Crippen LogP contribution in [0.15, 0.2) is 30.3 Å². The number of hydrogen-bond donors (Lipinski definition) is 2. The molecule has 0 aliphatic carbocycles. The standard InChI is InChI=1S/C14H17N3O/c1-3-10-5-7-11(8-6-10)14(18)15-13-9-12(4-2)16-17-13/h5-9H,3-4H2,1-2H3,(H2,15,16,17,18). The van der Waals surface area contributed by atoms with Gasteiger partial charge in [-0.2, -0.15) is 5.10 Å². The van der Waals surface area contributed by atoms with Crippen LogP contribution in [0.1, 0.15) is 35.5 Å². The Hall–Kier alpha value is -2.10. The zero-order chi connectivity index (χ0) is 13.0. The van der Waals surface area contributed by atoms with Crippen LogP contribution in [0.3, 0.4) is 0 Å². The van der Waals surface area contributed by atoms with E-state index < -0.39 is 0 Å². The van der Waals surface area contributed by atoms with E-state index in [9.17, 15) is 4.79 Å². The molecule has 0 aliphatic rings. The van der Waals surface area contributed by atoms with Gasteiger partial charge in [-0.3, -0.25) is 9.89 Å². The van der Waals surface area contributed by atoms with E-state index in [1.807, 2.05) is 37.3 Å². The molecule has 0 spiro atoms. The second-order valence-electron chi connectivity index (χ2n) is 4.14. The first-order chi connectivity index (χ1) is 8.72. The highest BCUT2D eigenvalue weighted by molar-refractivity contribution is 6.03. The van der Waals surface area contributed by atoms with Crippen molar-refractivity contribution < 1.29 is 4.79 Å². The summed E-state index contributed by atoms with van der Waals surface area (Å²) in [4.78, 5) is 11.9. The van der Waals surface area contributed by atoms with Crippen molar-refractivity contribution in [2.75, 3.05) is 5.32 Å². The predicted octanol–water partition coefficient (Wildman–Crippen LogP) is 2.79. The molecule has 2 rings (SSSR count). The number of anilines is 1. The fourth-order valence-electron chi connectivity index (χ4n) is 1.69. The molecular formula is C14H17N3O. The van der Waals surface area contributed by atoms with Gasteiger partial charge in [-0.25, -0.2) is 0 Å². The molecular weight excluding hydrogens is 226 g/mol. The Balaban J connectivity index is 2.06. The van der Waals surface area contributed by atoms with Gasteiger partial charge in [0, 0.05) is 17.3 Å². The number of nitrogens with zero attached hydrogens (tertiary/aromatic N) is 1. The molecule has 0 unspecified atom stereocenters. The lowest BCUT2D eigenvalue weighted by molar-refractivity contribution is 0.102. The van der Waals surface area contributed by atoms with Crippen molar-refractivity contribution >= 4 is 11.7 Å². The van der Waals surface area contributed by atoms with Crippen LogP contribution in [0.5, 0.6) is 0 Å². The first-order valence-electron chi connectivity index (χ1n) is 6.17. The van der Waals surface area contributed by atoms with Crippen LogP contribution in [-0.4, -0.2) is 16.1 Å². The maximum Gasteiger partial charge on any atom is 0.256 e. The summed E-state index contributed by atoms with van der Waals surface area (Å²) in [5.41, 5.74) is 2.87. The first-order valence-corrected chi connectivity index (χ1v) is 6.17. The molecule has 18 heavy (non-hydrogen) atoms. The van der Waals surface area contributed by atoms with Crippen LogP contribution in [0.25, 0.3) is 0 Å². The van der Waals surface area contributed by atoms with Crippen LogP contribution in [-0.2, 0) is 12.8 Å². The number of carbonyl (C=O) groups excluding carboxylic acids is 1. The normalized spacial score (nSPS) is 10.3. The van der Waals surface area contributed by atoms with E-state index in [4.69, 9.17) is 0 Å². The summed E-state index contributed by atoms with van der Waals surface area (Å²) in [5.74, 6) is 0.434. The summed E-state index contributed by atoms with van der Waals surface area (Å²) in [7, 11) is 0. The van der Waals surface area contributed by atoms with Crippen LogP contribution in [0.4, 0.5) is 5.82 Å². The minimum absolute atomic E-state index is 0.133. The lowest BCUT2D eigenvalue weighted by Crippen LogP contribution is -2.12. The van der Waals surface area contributed by atoms with Crippen LogP contribution in [0, 0.1) is 0 Å². The quantitative estimate of drug-likeness (QED) is 0.867. The third kappa shape index (κ3) is 2.77. The van der Waals surface area contributed by atoms with E-state index in [2.05, 4.69) is 22.4 Å². The van der Waals surface area contributed by atoms with Crippen LogP contribution < -0.4 is 5.32 Å². The molecule has 4 nitrogen and oxygen atoms in total.